The van der Waals surface area contributed by atoms with Crippen molar-refractivity contribution >= 4 is 11.5 Å². The van der Waals surface area contributed by atoms with Crippen LogP contribution in [0.25, 0.3) is 17.1 Å². The Morgan fingerprint density at radius 2 is 1.87 bits per heavy atom. The Labute approximate surface area is 172 Å². The van der Waals surface area contributed by atoms with Crippen molar-refractivity contribution in [3.63, 3.8) is 0 Å². The fourth-order valence-electron chi connectivity index (χ4n) is 3.01. The number of nitro groups is 1. The normalized spacial score (nSPS) is 11.8. The maximum absolute atomic E-state index is 11.1. The van der Waals surface area contributed by atoms with Gasteiger partial charge in [0.25, 0.3) is 5.69 Å². The SMILES string of the molecule is Cc1cc(NC(C)c2cn(-c3ccccc3)nn2)nc(-c2cccc([N+](=O)[O-])c2)n1. The second kappa shape index (κ2) is 8.08. The van der Waals surface area contributed by atoms with Crippen molar-refractivity contribution in [2.24, 2.45) is 0 Å². The highest BCUT2D eigenvalue weighted by Gasteiger charge is 2.14. The minimum absolute atomic E-state index is 0.00184. The Kier molecular flexibility index (Phi) is 5.17. The van der Waals surface area contributed by atoms with Gasteiger partial charge >= 0.3 is 0 Å². The number of nitrogens with zero attached hydrogens (tertiary/aromatic N) is 6. The number of nitrogens with one attached hydrogen (secondary N) is 1. The van der Waals surface area contributed by atoms with Crippen molar-refractivity contribution in [1.29, 1.82) is 0 Å². The summed E-state index contributed by atoms with van der Waals surface area (Å²) in [7, 11) is 0. The van der Waals surface area contributed by atoms with E-state index in [0.717, 1.165) is 17.1 Å². The van der Waals surface area contributed by atoms with E-state index in [1.165, 1.54) is 12.1 Å². The lowest BCUT2D eigenvalue weighted by Gasteiger charge is -2.13. The zero-order valence-corrected chi connectivity index (χ0v) is 16.4. The highest BCUT2D eigenvalue weighted by atomic mass is 16.6. The summed E-state index contributed by atoms with van der Waals surface area (Å²) in [6.07, 6.45) is 1.86. The molecule has 2 heterocycles. The fourth-order valence-corrected chi connectivity index (χ4v) is 3.01. The average molecular weight is 401 g/mol. The third-order valence-electron chi connectivity index (χ3n) is 4.51. The first-order valence-electron chi connectivity index (χ1n) is 9.34. The monoisotopic (exact) mass is 401 g/mol. The molecule has 2 aromatic heterocycles. The third-order valence-corrected chi connectivity index (χ3v) is 4.51. The highest BCUT2D eigenvalue weighted by molar-refractivity contribution is 5.61. The van der Waals surface area contributed by atoms with Crippen molar-refractivity contribution in [3.8, 4) is 17.1 Å². The molecule has 4 rings (SSSR count). The predicted octanol–water partition coefficient (Wildman–Crippen LogP) is 4.11. The minimum Gasteiger partial charge on any atom is -0.362 e. The Balaban J connectivity index is 1.57. The second-order valence-corrected chi connectivity index (χ2v) is 6.82. The summed E-state index contributed by atoms with van der Waals surface area (Å²) in [5, 5.41) is 22.8. The second-order valence-electron chi connectivity index (χ2n) is 6.82. The quantitative estimate of drug-likeness (QED) is 0.382. The number of nitro benzene ring substituents is 1. The molecule has 0 radical (unpaired) electrons. The maximum Gasteiger partial charge on any atom is 0.270 e. The van der Waals surface area contributed by atoms with Crippen LogP contribution in [-0.2, 0) is 0 Å². The van der Waals surface area contributed by atoms with E-state index >= 15 is 0 Å². The average Bonchev–Trinajstić information content (AvgIpc) is 3.24. The molecule has 9 nitrogen and oxygen atoms in total. The molecule has 0 aliphatic carbocycles. The van der Waals surface area contributed by atoms with Gasteiger partial charge in [-0.3, -0.25) is 10.1 Å². The lowest BCUT2D eigenvalue weighted by atomic mass is 10.2. The van der Waals surface area contributed by atoms with Gasteiger partial charge in [-0.05, 0) is 26.0 Å². The van der Waals surface area contributed by atoms with E-state index in [0.29, 0.717) is 17.2 Å². The topological polar surface area (TPSA) is 112 Å². The molecular weight excluding hydrogens is 382 g/mol. The molecule has 0 fully saturated rings. The summed E-state index contributed by atoms with van der Waals surface area (Å²) in [4.78, 5) is 19.6. The molecule has 0 spiro atoms. The lowest BCUT2D eigenvalue weighted by molar-refractivity contribution is -0.384. The van der Waals surface area contributed by atoms with Gasteiger partial charge in [0.05, 0.1) is 22.8 Å². The van der Waals surface area contributed by atoms with Gasteiger partial charge in [-0.25, -0.2) is 14.6 Å². The Morgan fingerprint density at radius 3 is 2.63 bits per heavy atom. The van der Waals surface area contributed by atoms with Gasteiger partial charge in [0.15, 0.2) is 5.82 Å². The van der Waals surface area contributed by atoms with Crippen LogP contribution in [0.15, 0.2) is 66.9 Å². The summed E-state index contributed by atoms with van der Waals surface area (Å²) in [6, 6.07) is 17.7. The molecule has 2 aromatic carbocycles. The van der Waals surface area contributed by atoms with Crippen molar-refractivity contribution in [1.82, 2.24) is 25.0 Å². The fraction of sp³-hybridized carbons (Fsp3) is 0.143. The smallest absolute Gasteiger partial charge is 0.270 e. The van der Waals surface area contributed by atoms with E-state index in [1.807, 2.05) is 56.4 Å². The number of non-ortho nitro benzene ring substituents is 1. The predicted molar refractivity (Wildman–Crippen MR) is 112 cm³/mol. The summed E-state index contributed by atoms with van der Waals surface area (Å²) in [5.74, 6) is 1.02. The van der Waals surface area contributed by atoms with Gasteiger partial charge in [0, 0.05) is 29.5 Å². The van der Waals surface area contributed by atoms with E-state index in [2.05, 4.69) is 25.6 Å². The van der Waals surface area contributed by atoms with Crippen molar-refractivity contribution < 1.29 is 4.92 Å². The number of hydrogen-bond donors (Lipinski definition) is 1. The van der Waals surface area contributed by atoms with Crippen molar-refractivity contribution in [3.05, 3.63) is 88.4 Å². The van der Waals surface area contributed by atoms with Crippen LogP contribution < -0.4 is 5.32 Å². The van der Waals surface area contributed by atoms with Gasteiger partial charge in [-0.15, -0.1) is 5.10 Å². The Hall–Kier alpha value is -4.14. The molecule has 1 N–H and O–H groups in total. The number of para-hydroxylation sites is 1. The first-order chi connectivity index (χ1) is 14.5. The summed E-state index contributed by atoms with van der Waals surface area (Å²) >= 11 is 0. The molecule has 0 bridgehead atoms. The van der Waals surface area contributed by atoms with Gasteiger partial charge < -0.3 is 5.32 Å². The molecule has 0 aliphatic rings. The molecule has 1 atom stereocenters. The maximum atomic E-state index is 11.1. The van der Waals surface area contributed by atoms with Crippen LogP contribution in [-0.4, -0.2) is 29.9 Å². The molecule has 4 aromatic rings. The number of aryl methyl sites for hydroxylation is 1. The van der Waals surface area contributed by atoms with Gasteiger partial charge in [0.1, 0.15) is 11.5 Å². The number of benzene rings is 2. The molecule has 0 saturated heterocycles. The van der Waals surface area contributed by atoms with E-state index in [1.54, 1.807) is 16.8 Å². The zero-order valence-electron chi connectivity index (χ0n) is 16.4. The molecular formula is C21H19N7O2. The molecule has 0 aliphatic heterocycles. The molecule has 150 valence electrons. The lowest BCUT2D eigenvalue weighted by Crippen LogP contribution is -2.09. The largest absolute Gasteiger partial charge is 0.362 e. The first kappa shape index (κ1) is 19.2. The summed E-state index contributed by atoms with van der Waals surface area (Å²) < 4.78 is 1.72. The van der Waals surface area contributed by atoms with Gasteiger partial charge in [0.2, 0.25) is 0 Å². The first-order valence-corrected chi connectivity index (χ1v) is 9.34. The highest BCUT2D eigenvalue weighted by Crippen LogP contribution is 2.24. The van der Waals surface area contributed by atoms with E-state index < -0.39 is 4.92 Å². The number of rotatable bonds is 6. The molecule has 30 heavy (non-hydrogen) atoms. The molecule has 0 saturated carbocycles. The van der Waals surface area contributed by atoms with Crippen LogP contribution in [0.2, 0.25) is 0 Å². The Morgan fingerprint density at radius 1 is 1.07 bits per heavy atom. The third kappa shape index (κ3) is 4.14. The number of anilines is 1. The zero-order chi connectivity index (χ0) is 21.1. The van der Waals surface area contributed by atoms with Crippen LogP contribution in [0.3, 0.4) is 0 Å². The van der Waals surface area contributed by atoms with E-state index in [4.69, 9.17) is 0 Å². The molecule has 1 unspecified atom stereocenters. The molecule has 0 amide bonds. The standard InChI is InChI=1S/C21H19N7O2/c1-14-11-20(24-21(22-14)16-7-6-10-18(12-16)28(29)30)23-15(2)19-13-27(26-25-19)17-8-4-3-5-9-17/h3-13,15H,1-2H3,(H,22,23,24). The van der Waals surface area contributed by atoms with Gasteiger partial charge in [-0.1, -0.05) is 35.5 Å². The minimum atomic E-state index is -0.434. The Bertz CT molecular complexity index is 1190. The van der Waals surface area contributed by atoms with Crippen LogP contribution in [0.1, 0.15) is 24.4 Å². The van der Waals surface area contributed by atoms with Gasteiger partial charge in [-0.2, -0.15) is 0 Å². The van der Waals surface area contributed by atoms with Crippen LogP contribution in [0.5, 0.6) is 0 Å². The van der Waals surface area contributed by atoms with Crippen molar-refractivity contribution in [2.45, 2.75) is 19.9 Å². The summed E-state index contributed by atoms with van der Waals surface area (Å²) in [5.41, 5.74) is 3.01. The van der Waals surface area contributed by atoms with Crippen LogP contribution >= 0.6 is 0 Å². The van der Waals surface area contributed by atoms with Crippen LogP contribution in [0, 0.1) is 17.0 Å². The number of hydrogen-bond acceptors (Lipinski definition) is 7. The number of aromatic nitrogens is 5. The molecule has 9 heteroatoms. The van der Waals surface area contributed by atoms with Crippen LogP contribution in [0.4, 0.5) is 11.5 Å². The van der Waals surface area contributed by atoms with Crippen molar-refractivity contribution in [2.75, 3.05) is 5.32 Å². The van der Waals surface area contributed by atoms with E-state index in [9.17, 15) is 10.1 Å². The van der Waals surface area contributed by atoms with E-state index in [-0.39, 0.29) is 11.7 Å². The summed E-state index contributed by atoms with van der Waals surface area (Å²) in [6.45, 7) is 3.81.